The lowest BCUT2D eigenvalue weighted by Crippen LogP contribution is -2.47. The Morgan fingerprint density at radius 2 is 0.716 bits per heavy atom. The molecule has 3 heterocycles. The van der Waals surface area contributed by atoms with Crippen molar-refractivity contribution in [2.75, 3.05) is 80.8 Å². The van der Waals surface area contributed by atoms with Gasteiger partial charge in [0.2, 0.25) is 0 Å². The van der Waals surface area contributed by atoms with Crippen LogP contribution in [-0.4, -0.2) is 169 Å². The molecule has 1 aliphatic rings. The Kier molecular flexibility index (Phi) is 26.4. The molecular formula is C60H98Cl2N8O4. The number of aromatic nitrogens is 4. The first-order valence-corrected chi connectivity index (χ1v) is 28.7. The van der Waals surface area contributed by atoms with E-state index in [1.807, 2.05) is 33.9 Å². The third kappa shape index (κ3) is 22.6. The minimum absolute atomic E-state index is 0.0173. The van der Waals surface area contributed by atoms with Gasteiger partial charge in [0.1, 0.15) is 0 Å². The molecule has 12 nitrogen and oxygen atoms in total. The molecule has 2 aromatic heterocycles. The number of rotatable bonds is 16. The van der Waals surface area contributed by atoms with Crippen molar-refractivity contribution in [1.29, 1.82) is 0 Å². The highest BCUT2D eigenvalue weighted by Gasteiger charge is 2.29. The van der Waals surface area contributed by atoms with Crippen LogP contribution in [0.5, 0.6) is 0 Å². The number of likely N-dealkylation sites (N-methyl/N-ethyl adjacent to an activating group) is 4. The number of benzene rings is 2. The zero-order chi connectivity index (χ0) is 53.9. The lowest BCUT2D eigenvalue weighted by molar-refractivity contribution is -0.0536. The highest BCUT2D eigenvalue weighted by molar-refractivity contribution is 6.29. The Hall–Kier alpha value is -2.88. The topological polar surface area (TPSA) is 85.5 Å². The van der Waals surface area contributed by atoms with E-state index in [4.69, 9.17) is 42.1 Å². The van der Waals surface area contributed by atoms with E-state index in [1.165, 1.54) is 22.3 Å². The zero-order valence-corrected chi connectivity index (χ0v) is 49.6. The molecule has 2 aromatic carbocycles. The summed E-state index contributed by atoms with van der Waals surface area (Å²) in [7, 11) is 9.05. The molecule has 0 radical (unpaired) electrons. The number of halogens is 2. The molecule has 1 fully saturated rings. The fraction of sp³-hybridized carbons (Fsp3) is 0.700. The second kappa shape index (κ2) is 31.5. The Morgan fingerprint density at radius 3 is 1.00 bits per heavy atom. The van der Waals surface area contributed by atoms with Crippen LogP contribution in [0, 0.1) is 23.7 Å². The fourth-order valence-electron chi connectivity index (χ4n) is 10.5. The smallest absolute Gasteiger partial charge is 0.151 e. The molecule has 0 spiro atoms. The van der Waals surface area contributed by atoms with E-state index in [9.17, 15) is 0 Å². The van der Waals surface area contributed by atoms with Crippen LogP contribution in [0.25, 0.3) is 0 Å². The predicted molar refractivity (Wildman–Crippen MR) is 307 cm³/mol. The van der Waals surface area contributed by atoms with E-state index in [-0.39, 0.29) is 48.6 Å². The lowest BCUT2D eigenvalue weighted by Gasteiger charge is -2.37. The molecule has 14 heteroatoms. The van der Waals surface area contributed by atoms with Gasteiger partial charge in [0, 0.05) is 62.7 Å². The molecule has 74 heavy (non-hydrogen) atoms. The van der Waals surface area contributed by atoms with Gasteiger partial charge in [0.15, 0.2) is 10.3 Å². The Balaban J connectivity index is 1.40. The van der Waals surface area contributed by atoms with Gasteiger partial charge in [-0.25, -0.2) is 0 Å². The highest BCUT2D eigenvalue weighted by Crippen LogP contribution is 2.22. The van der Waals surface area contributed by atoms with Gasteiger partial charge >= 0.3 is 0 Å². The van der Waals surface area contributed by atoms with E-state index in [2.05, 4.69) is 176 Å². The summed E-state index contributed by atoms with van der Waals surface area (Å²) in [6, 6.07) is 22.4. The van der Waals surface area contributed by atoms with Gasteiger partial charge in [0.25, 0.3) is 0 Å². The molecule has 416 valence electrons. The summed E-state index contributed by atoms with van der Waals surface area (Å²) in [5.74, 6) is 2.06. The molecule has 0 N–H and O–H groups in total. The first-order valence-electron chi connectivity index (χ1n) is 28.0. The van der Waals surface area contributed by atoms with Crippen LogP contribution in [0.4, 0.5) is 0 Å². The third-order valence-corrected chi connectivity index (χ3v) is 15.0. The lowest BCUT2D eigenvalue weighted by atomic mass is 10.0. The second-order valence-corrected chi connectivity index (χ2v) is 24.6. The predicted octanol–water partition coefficient (Wildman–Crippen LogP) is 11.2. The zero-order valence-electron chi connectivity index (χ0n) is 48.1. The number of hydrogen-bond donors (Lipinski definition) is 0. The van der Waals surface area contributed by atoms with Gasteiger partial charge in [-0.1, -0.05) is 127 Å². The monoisotopic (exact) mass is 1060 g/mol. The van der Waals surface area contributed by atoms with Crippen LogP contribution < -0.4 is 0 Å². The normalized spacial score (nSPS) is 25.4. The van der Waals surface area contributed by atoms with Gasteiger partial charge in [-0.05, 0) is 139 Å². The number of ether oxygens (including phenoxy) is 4. The van der Waals surface area contributed by atoms with Crippen LogP contribution in [0.1, 0.15) is 117 Å². The summed E-state index contributed by atoms with van der Waals surface area (Å²) in [5.41, 5.74) is 4.89. The number of nitrogens with zero attached hydrogens (tertiary/aromatic N) is 8. The molecular weight excluding hydrogens is 968 g/mol. The third-order valence-electron chi connectivity index (χ3n) is 14.6. The average molecular weight is 1070 g/mol. The van der Waals surface area contributed by atoms with Crippen molar-refractivity contribution < 1.29 is 18.9 Å². The van der Waals surface area contributed by atoms with E-state index in [0.29, 0.717) is 73.5 Å². The molecule has 0 bridgehead atoms. The molecule has 0 amide bonds. The van der Waals surface area contributed by atoms with Crippen molar-refractivity contribution in [3.63, 3.8) is 0 Å². The largest absolute Gasteiger partial charge is 0.376 e. The number of hydrogen-bond acceptors (Lipinski definition) is 10. The van der Waals surface area contributed by atoms with E-state index in [1.54, 1.807) is 0 Å². The summed E-state index contributed by atoms with van der Waals surface area (Å²) in [6.45, 7) is 30.2. The molecule has 1 aliphatic heterocycles. The van der Waals surface area contributed by atoms with Crippen molar-refractivity contribution >= 4 is 23.2 Å². The van der Waals surface area contributed by atoms with Gasteiger partial charge in [-0.3, -0.25) is 29.0 Å². The van der Waals surface area contributed by atoms with Crippen LogP contribution in [-0.2, 0) is 44.9 Å². The molecule has 8 atom stereocenters. The molecule has 0 aliphatic carbocycles. The Labute approximate surface area is 458 Å². The van der Waals surface area contributed by atoms with Crippen LogP contribution in [0.3, 0.4) is 0 Å². The Bertz CT molecular complexity index is 1970. The maximum atomic E-state index is 7.17. The van der Waals surface area contributed by atoms with Gasteiger partial charge in [0.05, 0.1) is 63.9 Å². The molecule has 0 saturated carbocycles. The van der Waals surface area contributed by atoms with Crippen LogP contribution in [0.2, 0.25) is 10.3 Å². The summed E-state index contributed by atoms with van der Waals surface area (Å²) in [4.78, 5) is 10.00. The van der Waals surface area contributed by atoms with Gasteiger partial charge in [-0.15, -0.1) is 0 Å². The van der Waals surface area contributed by atoms with Crippen LogP contribution >= 0.6 is 23.2 Å². The molecule has 1 saturated heterocycles. The van der Waals surface area contributed by atoms with Gasteiger partial charge < -0.3 is 18.9 Å². The van der Waals surface area contributed by atoms with Crippen molar-refractivity contribution in [2.24, 2.45) is 23.7 Å². The maximum absolute atomic E-state index is 7.17. The van der Waals surface area contributed by atoms with E-state index < -0.39 is 0 Å². The van der Waals surface area contributed by atoms with Crippen LogP contribution in [0.15, 0.2) is 73.1 Å². The highest BCUT2D eigenvalue weighted by atomic mass is 35.5. The fourth-order valence-corrected chi connectivity index (χ4v) is 10.8. The minimum atomic E-state index is -0.0173. The summed E-state index contributed by atoms with van der Waals surface area (Å²) in [6.07, 6.45) is 9.65. The summed E-state index contributed by atoms with van der Waals surface area (Å²) >= 11 is 12.3. The van der Waals surface area contributed by atoms with Crippen molar-refractivity contribution in [3.05, 3.63) is 106 Å². The van der Waals surface area contributed by atoms with Crippen molar-refractivity contribution in [1.82, 2.24) is 39.2 Å². The molecule has 0 unspecified atom stereocenters. The first kappa shape index (κ1) is 62.0. The standard InChI is InChI=1S/C60H98Cl2N8O4/c1-43(2)27-53-39-71-47(9)33-65(11)56(30-46(7)8)42-74-58(32-50-17-21-52(22-18-50)36-70-26-24-60(62)64-70)38-68(14)54(28-44(3)4)40-72-48(10)34-66(12)55(29-45(5)6)41-73-57(37-67(53)13)31-49-15-19-51(20-16-49)35-69-25-23-59(61)63-69/h15-26,43-48,53-58H,27-42H2,1-14H3/t47-,48-,53+,54+,55+,56+,57-,58-/m1/s1. The minimum Gasteiger partial charge on any atom is -0.376 e. The molecule has 5 rings (SSSR count). The van der Waals surface area contributed by atoms with Crippen molar-refractivity contribution in [2.45, 2.75) is 169 Å². The SMILES string of the molecule is CC(C)C[C@H]1CO[C@H](C)CN(C)[C@@H](CC(C)C)CO[C@H](Cc2ccc(Cn3ccc(Cl)n3)cc2)CN(C)[C@@H](CC(C)C)CO[C@H](C)CN(C)[C@@H](CC(C)C)CO[C@H](Cc2ccc(Cn3ccc(Cl)n3)cc2)CN1C. The van der Waals surface area contributed by atoms with E-state index >= 15 is 0 Å². The van der Waals surface area contributed by atoms with Crippen molar-refractivity contribution in [3.8, 4) is 0 Å². The first-order chi connectivity index (χ1) is 35.2. The molecule has 4 aromatic rings. The summed E-state index contributed by atoms with van der Waals surface area (Å²) in [5, 5.41) is 9.79. The quantitative estimate of drug-likeness (QED) is 0.108. The maximum Gasteiger partial charge on any atom is 0.151 e. The second-order valence-electron chi connectivity index (χ2n) is 23.8. The summed E-state index contributed by atoms with van der Waals surface area (Å²) < 4.78 is 31.8. The average Bonchev–Trinajstić information content (AvgIpc) is 3.94. The Morgan fingerprint density at radius 1 is 0.432 bits per heavy atom. The van der Waals surface area contributed by atoms with Gasteiger partial charge in [-0.2, -0.15) is 10.2 Å². The van der Waals surface area contributed by atoms with E-state index in [0.717, 1.165) is 64.7 Å².